The second kappa shape index (κ2) is 7.14. The molecule has 1 unspecified atom stereocenters. The van der Waals surface area contributed by atoms with Gasteiger partial charge in [-0.3, -0.25) is 4.99 Å². The van der Waals surface area contributed by atoms with Gasteiger partial charge in [0.05, 0.1) is 0 Å². The summed E-state index contributed by atoms with van der Waals surface area (Å²) in [4.78, 5) is 4.45. The molecule has 0 heterocycles. The smallest absolute Gasteiger partial charge is 0.339 e. The molecule has 0 aromatic heterocycles. The van der Waals surface area contributed by atoms with E-state index in [-0.39, 0.29) is 0 Å². The maximum atomic E-state index is 5.54. The first-order chi connectivity index (χ1) is 7.00. The zero-order valence-electron chi connectivity index (χ0n) is 10.9. The molecular formula is C11H25NO2Si. The monoisotopic (exact) mass is 231 g/mol. The van der Waals surface area contributed by atoms with Gasteiger partial charge in [0.1, 0.15) is 0 Å². The third kappa shape index (κ3) is 4.91. The summed E-state index contributed by atoms with van der Waals surface area (Å²) in [5, 5.41) is 0. The van der Waals surface area contributed by atoms with Crippen LogP contribution in [0.5, 0.6) is 0 Å². The molecule has 0 spiro atoms. The molecule has 0 rings (SSSR count). The fourth-order valence-electron chi connectivity index (χ4n) is 1.48. The third-order valence-electron chi connectivity index (χ3n) is 2.77. The van der Waals surface area contributed by atoms with E-state index in [0.717, 1.165) is 13.0 Å². The zero-order valence-corrected chi connectivity index (χ0v) is 11.9. The predicted octanol–water partition coefficient (Wildman–Crippen LogP) is 2.86. The van der Waals surface area contributed by atoms with Crippen LogP contribution in [0.3, 0.4) is 0 Å². The van der Waals surface area contributed by atoms with E-state index in [4.69, 9.17) is 8.85 Å². The van der Waals surface area contributed by atoms with Gasteiger partial charge in [-0.2, -0.15) is 0 Å². The van der Waals surface area contributed by atoms with E-state index in [9.17, 15) is 0 Å². The lowest BCUT2D eigenvalue weighted by Gasteiger charge is -2.30. The summed E-state index contributed by atoms with van der Waals surface area (Å²) in [5.74, 6) is 0.514. The summed E-state index contributed by atoms with van der Waals surface area (Å²) in [6.45, 7) is 9.35. The molecule has 0 aromatic carbocycles. The van der Waals surface area contributed by atoms with Crippen LogP contribution < -0.4 is 0 Å². The molecule has 0 aromatic rings. The van der Waals surface area contributed by atoms with Gasteiger partial charge in [0.15, 0.2) is 0 Å². The van der Waals surface area contributed by atoms with E-state index in [0.29, 0.717) is 11.5 Å². The standard InChI is InChI=1S/C11H25NO2Si/c1-7-11(9-12-8-10(2)3)15(6,13-4)14-5/h8,10-11H,7,9H2,1-6H3. The molecule has 0 fully saturated rings. The lowest BCUT2D eigenvalue weighted by molar-refractivity contribution is 0.235. The van der Waals surface area contributed by atoms with Crippen LogP contribution in [-0.4, -0.2) is 35.5 Å². The van der Waals surface area contributed by atoms with Crippen molar-refractivity contribution in [3.05, 3.63) is 0 Å². The molecule has 0 aliphatic rings. The summed E-state index contributed by atoms with van der Waals surface area (Å²) in [6.07, 6.45) is 3.06. The Hall–Kier alpha value is -0.193. The average Bonchev–Trinajstić information content (AvgIpc) is 2.23. The molecule has 0 aliphatic heterocycles. The number of hydrogen-bond acceptors (Lipinski definition) is 3. The van der Waals surface area contributed by atoms with Crippen LogP contribution in [0.15, 0.2) is 4.99 Å². The van der Waals surface area contributed by atoms with Gasteiger partial charge in [0.2, 0.25) is 0 Å². The van der Waals surface area contributed by atoms with Gasteiger partial charge in [-0.05, 0) is 18.9 Å². The second-order valence-corrected chi connectivity index (χ2v) is 7.95. The number of aliphatic imine (C=N–C) groups is 1. The van der Waals surface area contributed by atoms with Crippen molar-refractivity contribution in [1.29, 1.82) is 0 Å². The largest absolute Gasteiger partial charge is 0.398 e. The van der Waals surface area contributed by atoms with E-state index in [2.05, 4.69) is 32.3 Å². The van der Waals surface area contributed by atoms with Gasteiger partial charge in [-0.15, -0.1) is 0 Å². The average molecular weight is 231 g/mol. The van der Waals surface area contributed by atoms with Crippen LogP contribution in [0, 0.1) is 5.92 Å². The molecule has 1 atom stereocenters. The minimum Gasteiger partial charge on any atom is -0.398 e. The van der Waals surface area contributed by atoms with E-state index in [1.54, 1.807) is 14.2 Å². The van der Waals surface area contributed by atoms with Crippen LogP contribution in [0.25, 0.3) is 0 Å². The van der Waals surface area contributed by atoms with Gasteiger partial charge in [-0.25, -0.2) is 0 Å². The Morgan fingerprint density at radius 3 is 2.13 bits per heavy atom. The number of rotatable bonds is 7. The maximum absolute atomic E-state index is 5.54. The number of nitrogens with zero attached hydrogens (tertiary/aromatic N) is 1. The molecule has 90 valence electrons. The number of hydrogen-bond donors (Lipinski definition) is 0. The fraction of sp³-hybridized carbons (Fsp3) is 0.909. The maximum Gasteiger partial charge on any atom is 0.339 e. The van der Waals surface area contributed by atoms with Crippen molar-refractivity contribution < 1.29 is 8.85 Å². The van der Waals surface area contributed by atoms with Gasteiger partial charge >= 0.3 is 8.56 Å². The van der Waals surface area contributed by atoms with Crippen LogP contribution in [0.4, 0.5) is 0 Å². The van der Waals surface area contributed by atoms with Crippen molar-refractivity contribution in [1.82, 2.24) is 0 Å². The van der Waals surface area contributed by atoms with E-state index < -0.39 is 8.56 Å². The predicted molar refractivity (Wildman–Crippen MR) is 67.9 cm³/mol. The first-order valence-electron chi connectivity index (χ1n) is 5.60. The Bertz CT molecular complexity index is 191. The van der Waals surface area contributed by atoms with Crippen molar-refractivity contribution in [3.63, 3.8) is 0 Å². The molecule has 0 radical (unpaired) electrons. The van der Waals surface area contributed by atoms with Crippen LogP contribution in [-0.2, 0) is 8.85 Å². The summed E-state index contributed by atoms with van der Waals surface area (Å²) >= 11 is 0. The van der Waals surface area contributed by atoms with E-state index in [1.807, 2.05) is 6.21 Å². The summed E-state index contributed by atoms with van der Waals surface area (Å²) in [7, 11) is 1.47. The van der Waals surface area contributed by atoms with E-state index >= 15 is 0 Å². The highest BCUT2D eigenvalue weighted by molar-refractivity contribution is 6.67. The van der Waals surface area contributed by atoms with Crippen molar-refractivity contribution in [2.75, 3.05) is 20.8 Å². The second-order valence-electron chi connectivity index (χ2n) is 4.29. The minimum absolute atomic E-state index is 0.433. The molecule has 4 heteroatoms. The lowest BCUT2D eigenvalue weighted by atomic mass is 10.2. The molecule has 0 N–H and O–H groups in total. The Kier molecular flexibility index (Phi) is 7.05. The van der Waals surface area contributed by atoms with Crippen LogP contribution in [0.1, 0.15) is 27.2 Å². The van der Waals surface area contributed by atoms with Gasteiger partial charge in [0.25, 0.3) is 0 Å². The highest BCUT2D eigenvalue weighted by Crippen LogP contribution is 2.26. The van der Waals surface area contributed by atoms with Crippen LogP contribution >= 0.6 is 0 Å². The van der Waals surface area contributed by atoms with Crippen molar-refractivity contribution >= 4 is 14.8 Å². The molecule has 3 nitrogen and oxygen atoms in total. The molecule has 0 bridgehead atoms. The summed E-state index contributed by atoms with van der Waals surface area (Å²) in [5.41, 5.74) is 0.433. The molecular weight excluding hydrogens is 206 g/mol. The molecule has 15 heavy (non-hydrogen) atoms. The van der Waals surface area contributed by atoms with Gasteiger partial charge in [-0.1, -0.05) is 20.8 Å². The Labute approximate surface area is 95.1 Å². The van der Waals surface area contributed by atoms with E-state index in [1.165, 1.54) is 0 Å². The lowest BCUT2D eigenvalue weighted by Crippen LogP contribution is -2.42. The first-order valence-corrected chi connectivity index (χ1v) is 7.99. The topological polar surface area (TPSA) is 30.8 Å². The highest BCUT2D eigenvalue weighted by atomic mass is 28.4. The molecule has 0 saturated heterocycles. The molecule has 0 saturated carbocycles. The van der Waals surface area contributed by atoms with Gasteiger partial charge in [0, 0.05) is 32.5 Å². The fourth-order valence-corrected chi connectivity index (χ4v) is 3.49. The Morgan fingerprint density at radius 2 is 1.80 bits per heavy atom. The molecule has 0 amide bonds. The Balaban J connectivity index is 4.35. The van der Waals surface area contributed by atoms with Crippen molar-refractivity contribution in [3.8, 4) is 0 Å². The molecule has 0 aliphatic carbocycles. The highest BCUT2D eigenvalue weighted by Gasteiger charge is 2.37. The summed E-state index contributed by atoms with van der Waals surface area (Å²) < 4.78 is 11.1. The Morgan fingerprint density at radius 1 is 1.27 bits per heavy atom. The SMILES string of the molecule is CCC(CN=CC(C)C)[Si](C)(OC)OC. The minimum atomic E-state index is -2.01. The van der Waals surface area contributed by atoms with Crippen molar-refractivity contribution in [2.45, 2.75) is 39.3 Å². The van der Waals surface area contributed by atoms with Gasteiger partial charge < -0.3 is 8.85 Å². The summed E-state index contributed by atoms with van der Waals surface area (Å²) in [6, 6.07) is 0. The van der Waals surface area contributed by atoms with Crippen molar-refractivity contribution in [2.24, 2.45) is 10.9 Å². The van der Waals surface area contributed by atoms with Crippen LogP contribution in [0.2, 0.25) is 12.1 Å². The normalized spacial score (nSPS) is 15.1. The zero-order chi connectivity index (χ0) is 11.9. The third-order valence-corrected chi connectivity index (χ3v) is 6.47. The quantitative estimate of drug-likeness (QED) is 0.498. The first kappa shape index (κ1) is 14.8.